The third kappa shape index (κ3) is 3.13. The summed E-state index contributed by atoms with van der Waals surface area (Å²) in [5, 5.41) is 13.5. The van der Waals surface area contributed by atoms with Gasteiger partial charge in [-0.1, -0.05) is 6.07 Å². The zero-order valence-corrected chi connectivity index (χ0v) is 15.6. The molecule has 1 fully saturated rings. The number of hydrogen-bond donors (Lipinski definition) is 0. The summed E-state index contributed by atoms with van der Waals surface area (Å²) in [7, 11) is 0. The first-order valence-electron chi connectivity index (χ1n) is 8.58. The number of halogens is 1. The Labute approximate surface area is 158 Å². The maximum atomic E-state index is 12.5. The Bertz CT molecular complexity index is 1040. The topological polar surface area (TPSA) is 72.3 Å². The third-order valence-electron chi connectivity index (χ3n) is 4.80. The molecule has 4 rings (SSSR count). The molecular weight excluding hydrogens is 396 g/mol. The second kappa shape index (κ2) is 6.96. The van der Waals surface area contributed by atoms with Gasteiger partial charge >= 0.3 is 5.69 Å². The third-order valence-corrected chi connectivity index (χ3v) is 5.46. The second-order valence-electron chi connectivity index (χ2n) is 6.46. The Morgan fingerprint density at radius 1 is 1.19 bits per heavy atom. The first-order chi connectivity index (χ1) is 12.7. The van der Waals surface area contributed by atoms with E-state index < -0.39 is 0 Å². The van der Waals surface area contributed by atoms with Gasteiger partial charge in [-0.15, -0.1) is 5.10 Å². The number of fused-ring (bicyclic) bond motifs is 1. The summed E-state index contributed by atoms with van der Waals surface area (Å²) in [5.41, 5.74) is 1.19. The molecule has 1 aliphatic carbocycles. The molecule has 132 valence electrons. The summed E-state index contributed by atoms with van der Waals surface area (Å²) in [5.74, 6) is 0.754. The molecule has 1 aromatic carbocycles. The quantitative estimate of drug-likeness (QED) is 0.657. The Hall–Kier alpha value is -2.59. The maximum absolute atomic E-state index is 12.5. The first kappa shape index (κ1) is 16.9. The van der Waals surface area contributed by atoms with Crippen LogP contribution in [0.3, 0.4) is 0 Å². The lowest BCUT2D eigenvalue weighted by Crippen LogP contribution is -2.31. The van der Waals surface area contributed by atoms with Crippen LogP contribution in [0.2, 0.25) is 0 Å². The highest BCUT2D eigenvalue weighted by Gasteiger charge is 2.26. The van der Waals surface area contributed by atoms with Crippen molar-refractivity contribution in [1.82, 2.24) is 14.2 Å². The van der Waals surface area contributed by atoms with Gasteiger partial charge in [-0.3, -0.25) is 4.40 Å². The standard InChI is InChI=1S/C19H17BrN4O2/c20-17-11-16(7-4-13(17)12-21)26-15-8-5-14(6-9-15)24-19(25)23-10-2-1-3-18(23)22-24/h1-4,7,10-11,14-15H,5-6,8-9H2. The van der Waals surface area contributed by atoms with E-state index in [1.165, 1.54) is 0 Å². The smallest absolute Gasteiger partial charge is 0.350 e. The van der Waals surface area contributed by atoms with Gasteiger partial charge in [0.15, 0.2) is 5.65 Å². The zero-order valence-electron chi connectivity index (χ0n) is 14.0. The predicted molar refractivity (Wildman–Crippen MR) is 100 cm³/mol. The van der Waals surface area contributed by atoms with E-state index in [0.717, 1.165) is 35.9 Å². The summed E-state index contributed by atoms with van der Waals surface area (Å²) < 4.78 is 9.99. The Morgan fingerprint density at radius 2 is 2.00 bits per heavy atom. The normalized spacial score (nSPS) is 20.0. The molecular formula is C19H17BrN4O2. The maximum Gasteiger partial charge on any atom is 0.350 e. The summed E-state index contributed by atoms with van der Waals surface area (Å²) in [6.07, 6.45) is 5.29. The number of benzene rings is 1. The largest absolute Gasteiger partial charge is 0.490 e. The van der Waals surface area contributed by atoms with Gasteiger partial charge in [0.25, 0.3) is 0 Å². The van der Waals surface area contributed by atoms with Crippen LogP contribution in [0.4, 0.5) is 0 Å². The molecule has 0 aliphatic heterocycles. The highest BCUT2D eigenvalue weighted by molar-refractivity contribution is 9.10. The minimum absolute atomic E-state index is 0.0824. The fourth-order valence-corrected chi connectivity index (χ4v) is 3.89. The van der Waals surface area contributed by atoms with Crippen LogP contribution in [0, 0.1) is 11.3 Å². The van der Waals surface area contributed by atoms with Crippen LogP contribution in [0.1, 0.15) is 37.3 Å². The molecule has 0 bridgehead atoms. The van der Waals surface area contributed by atoms with Crippen molar-refractivity contribution in [2.24, 2.45) is 0 Å². The van der Waals surface area contributed by atoms with Crippen LogP contribution in [0.15, 0.2) is 51.9 Å². The molecule has 3 aromatic rings. The van der Waals surface area contributed by atoms with E-state index in [4.69, 9.17) is 10.00 Å². The molecule has 6 nitrogen and oxygen atoms in total. The Balaban J connectivity index is 1.44. The number of pyridine rings is 1. The van der Waals surface area contributed by atoms with E-state index in [1.54, 1.807) is 21.3 Å². The predicted octanol–water partition coefficient (Wildman–Crippen LogP) is 3.69. The van der Waals surface area contributed by atoms with Crippen LogP contribution in [-0.4, -0.2) is 20.3 Å². The molecule has 0 saturated heterocycles. The van der Waals surface area contributed by atoms with Crippen molar-refractivity contribution in [3.8, 4) is 11.8 Å². The van der Waals surface area contributed by atoms with E-state index in [0.29, 0.717) is 11.2 Å². The van der Waals surface area contributed by atoms with Crippen LogP contribution in [0.25, 0.3) is 5.65 Å². The molecule has 0 N–H and O–H groups in total. The molecule has 0 atom stereocenters. The fourth-order valence-electron chi connectivity index (χ4n) is 3.44. The van der Waals surface area contributed by atoms with Gasteiger partial charge in [0.2, 0.25) is 0 Å². The van der Waals surface area contributed by atoms with Crippen LogP contribution < -0.4 is 10.4 Å². The zero-order chi connectivity index (χ0) is 18.1. The molecule has 1 aliphatic rings. The van der Waals surface area contributed by atoms with Gasteiger partial charge in [-0.25, -0.2) is 9.48 Å². The molecule has 2 aromatic heterocycles. The molecule has 0 spiro atoms. The van der Waals surface area contributed by atoms with Gasteiger partial charge < -0.3 is 4.74 Å². The lowest BCUT2D eigenvalue weighted by molar-refractivity contribution is 0.128. The molecule has 26 heavy (non-hydrogen) atoms. The van der Waals surface area contributed by atoms with Crippen molar-refractivity contribution in [2.75, 3.05) is 0 Å². The van der Waals surface area contributed by atoms with E-state index >= 15 is 0 Å². The van der Waals surface area contributed by atoms with Crippen LogP contribution >= 0.6 is 15.9 Å². The lowest BCUT2D eigenvalue weighted by Gasteiger charge is -2.28. The van der Waals surface area contributed by atoms with E-state index in [9.17, 15) is 4.79 Å². The van der Waals surface area contributed by atoms with Crippen molar-refractivity contribution in [3.05, 3.63) is 63.1 Å². The summed E-state index contributed by atoms with van der Waals surface area (Å²) in [6.45, 7) is 0. The van der Waals surface area contributed by atoms with Crippen molar-refractivity contribution in [1.29, 1.82) is 5.26 Å². The number of hydrogen-bond acceptors (Lipinski definition) is 4. The number of rotatable bonds is 3. The van der Waals surface area contributed by atoms with Crippen molar-refractivity contribution >= 4 is 21.6 Å². The van der Waals surface area contributed by atoms with Crippen LogP contribution in [-0.2, 0) is 0 Å². The molecule has 0 unspecified atom stereocenters. The average Bonchev–Trinajstić information content (AvgIpc) is 3.00. The number of nitriles is 1. The minimum atomic E-state index is -0.0824. The van der Waals surface area contributed by atoms with Crippen molar-refractivity contribution in [2.45, 2.75) is 37.8 Å². The van der Waals surface area contributed by atoms with Gasteiger partial charge in [0.05, 0.1) is 17.7 Å². The lowest BCUT2D eigenvalue weighted by atomic mass is 9.93. The van der Waals surface area contributed by atoms with E-state index in [2.05, 4.69) is 27.1 Å². The molecule has 0 radical (unpaired) electrons. The van der Waals surface area contributed by atoms with E-state index in [1.807, 2.05) is 30.3 Å². The molecule has 1 saturated carbocycles. The molecule has 2 heterocycles. The fraction of sp³-hybridized carbons (Fsp3) is 0.316. The van der Waals surface area contributed by atoms with Crippen LogP contribution in [0.5, 0.6) is 5.75 Å². The summed E-state index contributed by atoms with van der Waals surface area (Å²) in [6, 6.07) is 13.2. The van der Waals surface area contributed by atoms with Gasteiger partial charge in [0.1, 0.15) is 11.8 Å². The molecule has 7 heteroatoms. The van der Waals surface area contributed by atoms with Gasteiger partial charge in [-0.2, -0.15) is 5.26 Å². The minimum Gasteiger partial charge on any atom is -0.490 e. The average molecular weight is 413 g/mol. The van der Waals surface area contributed by atoms with Gasteiger partial charge in [0, 0.05) is 10.7 Å². The summed E-state index contributed by atoms with van der Waals surface area (Å²) in [4.78, 5) is 12.5. The number of aromatic nitrogens is 3. The number of ether oxygens (including phenoxy) is 1. The van der Waals surface area contributed by atoms with Crippen molar-refractivity contribution < 1.29 is 4.74 Å². The summed E-state index contributed by atoms with van der Waals surface area (Å²) >= 11 is 3.39. The number of nitrogens with zero attached hydrogens (tertiary/aromatic N) is 4. The monoisotopic (exact) mass is 412 g/mol. The Morgan fingerprint density at radius 3 is 2.69 bits per heavy atom. The van der Waals surface area contributed by atoms with Crippen molar-refractivity contribution in [3.63, 3.8) is 0 Å². The van der Waals surface area contributed by atoms with Gasteiger partial charge in [-0.05, 0) is 71.9 Å². The molecule has 0 amide bonds. The SMILES string of the molecule is N#Cc1ccc(OC2CCC(n3nc4ccccn4c3=O)CC2)cc1Br. The highest BCUT2D eigenvalue weighted by atomic mass is 79.9. The second-order valence-corrected chi connectivity index (χ2v) is 7.31. The van der Waals surface area contributed by atoms with E-state index in [-0.39, 0.29) is 17.8 Å². The highest BCUT2D eigenvalue weighted by Crippen LogP contribution is 2.31. The first-order valence-corrected chi connectivity index (χ1v) is 9.37. The Kier molecular flexibility index (Phi) is 4.51.